The molecule has 3 heterocycles. The molecule has 0 aliphatic heterocycles. The number of carboxylic acids is 1. The molecule has 1 aliphatic rings. The highest BCUT2D eigenvalue weighted by Crippen LogP contribution is 2.36. The van der Waals surface area contributed by atoms with Crippen molar-refractivity contribution in [2.45, 2.75) is 35.0 Å². The number of amides is 2. The molecule has 3 aromatic heterocycles. The van der Waals surface area contributed by atoms with Crippen molar-refractivity contribution in [3.05, 3.63) is 42.1 Å². The Morgan fingerprint density at radius 1 is 1.19 bits per heavy atom. The van der Waals surface area contributed by atoms with Crippen LogP contribution in [0.15, 0.2) is 40.2 Å². The molecule has 0 unspecified atom stereocenters. The average molecular weight is 459 g/mol. The summed E-state index contributed by atoms with van der Waals surface area (Å²) >= 11 is 2.12. The molecular weight excluding hydrogens is 440 g/mol. The number of hydrogen-bond donors (Lipinski definition) is 4. The molecule has 0 bridgehead atoms. The number of carboxylic acid groups (broad SMARTS) is 1. The molecular formula is C19H18N6O4S2. The number of carbonyl (C=O) groups excluding carboxylic acids is 2. The van der Waals surface area contributed by atoms with Gasteiger partial charge in [0, 0.05) is 30.7 Å². The zero-order chi connectivity index (χ0) is 21.8. The van der Waals surface area contributed by atoms with E-state index in [0.29, 0.717) is 20.6 Å². The zero-order valence-electron chi connectivity index (χ0n) is 16.1. The van der Waals surface area contributed by atoms with E-state index >= 15 is 0 Å². The molecule has 31 heavy (non-hydrogen) atoms. The number of hydrogen-bond acceptors (Lipinski definition) is 8. The van der Waals surface area contributed by atoms with Gasteiger partial charge in [-0.05, 0) is 30.7 Å². The number of urea groups is 1. The van der Waals surface area contributed by atoms with Gasteiger partial charge in [0.1, 0.15) is 4.21 Å². The van der Waals surface area contributed by atoms with E-state index in [1.165, 1.54) is 12.4 Å². The number of carbonyl (C=O) groups is 3. The fourth-order valence-corrected chi connectivity index (χ4v) is 5.29. The minimum absolute atomic E-state index is 0.0274. The largest absolute Gasteiger partial charge is 0.476 e. The lowest BCUT2D eigenvalue weighted by Crippen LogP contribution is -2.22. The van der Waals surface area contributed by atoms with Crippen molar-refractivity contribution >= 4 is 51.7 Å². The number of anilines is 2. The second-order valence-electron chi connectivity index (χ2n) is 6.80. The summed E-state index contributed by atoms with van der Waals surface area (Å²) in [5.74, 6) is -1.29. The third-order valence-electron chi connectivity index (χ3n) is 4.74. The molecule has 1 aliphatic carbocycles. The maximum Gasteiger partial charge on any atom is 0.356 e. The Kier molecular flexibility index (Phi) is 6.28. The highest BCUT2D eigenvalue weighted by molar-refractivity contribution is 8.01. The highest BCUT2D eigenvalue weighted by Gasteiger charge is 2.26. The van der Waals surface area contributed by atoms with E-state index < -0.39 is 12.0 Å². The first-order chi connectivity index (χ1) is 15.0. The van der Waals surface area contributed by atoms with Crippen molar-refractivity contribution in [2.75, 3.05) is 10.6 Å². The summed E-state index contributed by atoms with van der Waals surface area (Å²) in [5, 5.41) is 15.2. The summed E-state index contributed by atoms with van der Waals surface area (Å²) in [7, 11) is 0. The van der Waals surface area contributed by atoms with E-state index in [1.54, 1.807) is 18.5 Å². The minimum atomic E-state index is -1.21. The van der Waals surface area contributed by atoms with Gasteiger partial charge in [0.25, 0.3) is 0 Å². The van der Waals surface area contributed by atoms with Crippen LogP contribution in [0.25, 0.3) is 0 Å². The van der Waals surface area contributed by atoms with Crippen LogP contribution in [0.5, 0.6) is 0 Å². The summed E-state index contributed by atoms with van der Waals surface area (Å²) in [4.78, 5) is 51.8. The first-order valence-corrected chi connectivity index (χ1v) is 11.1. The standard InChI is InChI=1S/C19H18N6O4S2/c26-14(10-3-1-2-4-10)11-9-20-6-5-12(11)23-17(29)25-19-24-13(15(27)28)16(31-19)30-18-21-7-8-22-18/h5-10H,1-4H2,(H,21,22)(H,27,28)(H2,20,23,24,25,29). The SMILES string of the molecule is O=C(Nc1nc(C(=O)O)c(Sc2ncc[nH]2)s1)Nc1ccncc1C(=O)C1CCCC1. The van der Waals surface area contributed by atoms with E-state index in [1.807, 2.05) is 0 Å². The Bertz CT molecular complexity index is 1110. The number of aromatic nitrogens is 4. The number of nitrogens with zero attached hydrogens (tertiary/aromatic N) is 3. The number of nitrogens with one attached hydrogen (secondary N) is 3. The third kappa shape index (κ3) is 4.91. The van der Waals surface area contributed by atoms with E-state index in [0.717, 1.165) is 48.8 Å². The Morgan fingerprint density at radius 3 is 2.71 bits per heavy atom. The Balaban J connectivity index is 1.48. The van der Waals surface area contributed by atoms with Crippen molar-refractivity contribution in [3.8, 4) is 0 Å². The first-order valence-electron chi connectivity index (χ1n) is 9.49. The fourth-order valence-electron chi connectivity index (χ4n) is 3.32. The van der Waals surface area contributed by atoms with Crippen molar-refractivity contribution in [1.82, 2.24) is 19.9 Å². The molecule has 0 aromatic carbocycles. The first kappa shape index (κ1) is 21.0. The van der Waals surface area contributed by atoms with Gasteiger partial charge < -0.3 is 15.4 Å². The summed E-state index contributed by atoms with van der Waals surface area (Å²) in [6, 6.07) is 0.928. The third-order valence-corrected chi connectivity index (χ3v) is 6.80. The van der Waals surface area contributed by atoms with E-state index in [-0.39, 0.29) is 22.5 Å². The van der Waals surface area contributed by atoms with Crippen LogP contribution in [-0.2, 0) is 0 Å². The topological polar surface area (TPSA) is 150 Å². The van der Waals surface area contributed by atoms with Crippen LogP contribution in [0, 0.1) is 5.92 Å². The van der Waals surface area contributed by atoms with E-state index in [4.69, 9.17) is 0 Å². The van der Waals surface area contributed by atoms with Crippen LogP contribution in [0.4, 0.5) is 15.6 Å². The number of H-pyrrole nitrogens is 1. The molecule has 0 atom stereocenters. The van der Waals surface area contributed by atoms with Crippen molar-refractivity contribution in [2.24, 2.45) is 5.92 Å². The Morgan fingerprint density at radius 2 is 2.00 bits per heavy atom. The van der Waals surface area contributed by atoms with Gasteiger partial charge >= 0.3 is 12.0 Å². The molecule has 2 amide bonds. The molecule has 160 valence electrons. The van der Waals surface area contributed by atoms with Gasteiger partial charge in [0.2, 0.25) is 0 Å². The van der Waals surface area contributed by atoms with Crippen LogP contribution < -0.4 is 10.6 Å². The number of rotatable bonds is 7. The maximum atomic E-state index is 12.8. The lowest BCUT2D eigenvalue weighted by atomic mass is 9.96. The van der Waals surface area contributed by atoms with Crippen LogP contribution in [-0.4, -0.2) is 42.8 Å². The van der Waals surface area contributed by atoms with Crippen LogP contribution in [0.2, 0.25) is 0 Å². The molecule has 4 N–H and O–H groups in total. The summed E-state index contributed by atoms with van der Waals surface area (Å²) in [6.45, 7) is 0. The molecule has 0 spiro atoms. The van der Waals surface area contributed by atoms with Crippen LogP contribution in [0.3, 0.4) is 0 Å². The van der Waals surface area contributed by atoms with E-state index in [9.17, 15) is 19.5 Å². The number of Topliss-reactive ketones (excluding diaryl/α,β-unsaturated/α-hetero) is 1. The molecule has 0 saturated heterocycles. The zero-order valence-corrected chi connectivity index (χ0v) is 17.8. The molecule has 1 fully saturated rings. The Hall–Kier alpha value is -3.25. The van der Waals surface area contributed by atoms with Gasteiger partial charge in [-0.15, -0.1) is 0 Å². The normalized spacial score (nSPS) is 13.8. The van der Waals surface area contributed by atoms with Gasteiger partial charge in [-0.3, -0.25) is 15.1 Å². The smallest absolute Gasteiger partial charge is 0.356 e. The van der Waals surface area contributed by atoms with Crippen molar-refractivity contribution < 1.29 is 19.5 Å². The Labute approximate surface area is 184 Å². The lowest BCUT2D eigenvalue weighted by Gasteiger charge is -2.13. The average Bonchev–Trinajstić information content (AvgIpc) is 3.50. The molecule has 0 radical (unpaired) electrons. The fraction of sp³-hybridized carbons (Fsp3) is 0.263. The molecule has 3 aromatic rings. The summed E-state index contributed by atoms with van der Waals surface area (Å²) < 4.78 is 0.374. The lowest BCUT2D eigenvalue weighted by molar-refractivity contribution is 0.0687. The number of thiazole rings is 1. The summed E-state index contributed by atoms with van der Waals surface area (Å²) in [5.41, 5.74) is 0.538. The van der Waals surface area contributed by atoms with Gasteiger partial charge in [-0.1, -0.05) is 24.2 Å². The van der Waals surface area contributed by atoms with E-state index in [2.05, 4.69) is 30.6 Å². The van der Waals surface area contributed by atoms with Crippen LogP contribution >= 0.6 is 23.1 Å². The number of ketones is 1. The number of aromatic carboxylic acids is 1. The van der Waals surface area contributed by atoms with Gasteiger partial charge in [-0.25, -0.2) is 19.6 Å². The summed E-state index contributed by atoms with van der Waals surface area (Å²) in [6.07, 6.45) is 9.85. The second kappa shape index (κ2) is 9.27. The number of pyridine rings is 1. The van der Waals surface area contributed by atoms with Gasteiger partial charge in [-0.2, -0.15) is 0 Å². The van der Waals surface area contributed by atoms with Gasteiger partial charge in [0.05, 0.1) is 11.3 Å². The number of imidazole rings is 1. The predicted octanol–water partition coefficient (Wildman–Crippen LogP) is 4.13. The predicted molar refractivity (Wildman–Crippen MR) is 115 cm³/mol. The molecule has 1 saturated carbocycles. The van der Waals surface area contributed by atoms with Crippen LogP contribution in [0.1, 0.15) is 46.5 Å². The molecule has 4 rings (SSSR count). The maximum absolute atomic E-state index is 12.8. The molecule has 10 nitrogen and oxygen atoms in total. The second-order valence-corrected chi connectivity index (χ2v) is 9.06. The minimum Gasteiger partial charge on any atom is -0.476 e. The highest BCUT2D eigenvalue weighted by atomic mass is 32.2. The monoisotopic (exact) mass is 458 g/mol. The molecule has 12 heteroatoms. The number of aromatic amines is 1. The van der Waals surface area contributed by atoms with Crippen molar-refractivity contribution in [3.63, 3.8) is 0 Å². The van der Waals surface area contributed by atoms with Gasteiger partial charge in [0.15, 0.2) is 21.8 Å². The quantitative estimate of drug-likeness (QED) is 0.386. The van der Waals surface area contributed by atoms with Crippen molar-refractivity contribution in [1.29, 1.82) is 0 Å².